The lowest BCUT2D eigenvalue weighted by molar-refractivity contribution is 0.524. The van der Waals surface area contributed by atoms with Crippen LogP contribution in [0.2, 0.25) is 0 Å². The van der Waals surface area contributed by atoms with Gasteiger partial charge < -0.3 is 19.6 Å². The van der Waals surface area contributed by atoms with Crippen LogP contribution in [-0.2, 0) is 19.5 Å². The van der Waals surface area contributed by atoms with Gasteiger partial charge in [-0.05, 0) is 31.2 Å². The Bertz CT molecular complexity index is 1090. The van der Waals surface area contributed by atoms with Crippen molar-refractivity contribution in [2.75, 3.05) is 13.1 Å². The molecule has 2 N–H and O–H groups in total. The molecule has 8 nitrogen and oxygen atoms in total. The summed E-state index contributed by atoms with van der Waals surface area (Å²) in [5, 5.41) is 15.6. The molecule has 156 valence electrons. The van der Waals surface area contributed by atoms with Gasteiger partial charge in [-0.2, -0.15) is 0 Å². The van der Waals surface area contributed by atoms with Gasteiger partial charge in [0.2, 0.25) is 0 Å². The second-order valence-corrected chi connectivity index (χ2v) is 7.70. The molecule has 3 aromatic heterocycles. The minimum atomic E-state index is 0.451. The summed E-state index contributed by atoms with van der Waals surface area (Å²) in [6, 6.07) is 12.0. The van der Waals surface area contributed by atoms with Crippen molar-refractivity contribution in [3.05, 3.63) is 54.3 Å². The SMILES string of the molecule is CCNC(=NCc1ccc(-c2nc3ccccc3s2)o1)NCCn1cnnc1CC. The zero-order chi connectivity index (χ0) is 20.8. The Morgan fingerprint density at radius 3 is 2.90 bits per heavy atom. The Hall–Kier alpha value is -3.20. The van der Waals surface area contributed by atoms with Crippen LogP contribution in [0.3, 0.4) is 0 Å². The molecule has 4 rings (SSSR count). The number of aromatic nitrogens is 4. The third-order valence-corrected chi connectivity index (χ3v) is 5.61. The summed E-state index contributed by atoms with van der Waals surface area (Å²) in [5.41, 5.74) is 0.992. The summed E-state index contributed by atoms with van der Waals surface area (Å²) in [5.74, 6) is 3.31. The molecule has 3 heterocycles. The number of rotatable bonds is 8. The molecular weight excluding hydrogens is 398 g/mol. The normalized spacial score (nSPS) is 11.9. The molecule has 1 aromatic carbocycles. The van der Waals surface area contributed by atoms with Crippen LogP contribution in [0.15, 0.2) is 52.1 Å². The van der Waals surface area contributed by atoms with Crippen molar-refractivity contribution in [1.29, 1.82) is 0 Å². The maximum atomic E-state index is 5.99. The first kappa shape index (κ1) is 20.1. The van der Waals surface area contributed by atoms with E-state index in [0.29, 0.717) is 6.54 Å². The summed E-state index contributed by atoms with van der Waals surface area (Å²) >= 11 is 1.63. The molecule has 30 heavy (non-hydrogen) atoms. The van der Waals surface area contributed by atoms with Gasteiger partial charge >= 0.3 is 0 Å². The summed E-state index contributed by atoms with van der Waals surface area (Å²) in [4.78, 5) is 9.29. The Morgan fingerprint density at radius 2 is 2.07 bits per heavy atom. The van der Waals surface area contributed by atoms with E-state index in [1.807, 2.05) is 41.8 Å². The molecule has 0 bridgehead atoms. The number of guanidine groups is 1. The molecule has 0 aliphatic heterocycles. The number of para-hydroxylation sites is 1. The first-order valence-corrected chi connectivity index (χ1v) is 10.9. The number of aryl methyl sites for hydroxylation is 1. The number of aliphatic imine (C=N–C) groups is 1. The Balaban J connectivity index is 1.38. The highest BCUT2D eigenvalue weighted by atomic mass is 32.1. The van der Waals surface area contributed by atoms with Crippen molar-refractivity contribution in [2.45, 2.75) is 33.4 Å². The van der Waals surface area contributed by atoms with Crippen LogP contribution in [0.25, 0.3) is 21.0 Å². The van der Waals surface area contributed by atoms with Crippen LogP contribution in [-0.4, -0.2) is 38.8 Å². The zero-order valence-corrected chi connectivity index (χ0v) is 17.9. The lowest BCUT2D eigenvalue weighted by Crippen LogP contribution is -2.38. The number of fused-ring (bicyclic) bond motifs is 1. The number of hydrogen-bond donors (Lipinski definition) is 2. The van der Waals surface area contributed by atoms with Gasteiger partial charge in [0.25, 0.3) is 0 Å². The number of hydrogen-bond acceptors (Lipinski definition) is 6. The molecule has 0 saturated carbocycles. The van der Waals surface area contributed by atoms with Gasteiger partial charge in [0, 0.05) is 26.1 Å². The second kappa shape index (κ2) is 9.53. The Labute approximate surface area is 179 Å². The predicted molar refractivity (Wildman–Crippen MR) is 120 cm³/mol. The molecule has 0 spiro atoms. The van der Waals surface area contributed by atoms with Gasteiger partial charge in [0.05, 0.1) is 10.2 Å². The largest absolute Gasteiger partial charge is 0.457 e. The van der Waals surface area contributed by atoms with Gasteiger partial charge in [-0.15, -0.1) is 21.5 Å². The van der Waals surface area contributed by atoms with Gasteiger partial charge in [-0.1, -0.05) is 19.1 Å². The fourth-order valence-corrected chi connectivity index (χ4v) is 4.02. The molecule has 0 amide bonds. The van der Waals surface area contributed by atoms with Crippen LogP contribution in [0, 0.1) is 0 Å². The summed E-state index contributed by atoms with van der Waals surface area (Å²) in [6.07, 6.45) is 2.63. The number of nitrogens with zero attached hydrogens (tertiary/aromatic N) is 5. The van der Waals surface area contributed by atoms with Crippen molar-refractivity contribution in [1.82, 2.24) is 30.4 Å². The zero-order valence-electron chi connectivity index (χ0n) is 17.1. The van der Waals surface area contributed by atoms with Crippen molar-refractivity contribution < 1.29 is 4.42 Å². The Morgan fingerprint density at radius 1 is 1.17 bits per heavy atom. The molecular formula is C21H25N7OS. The van der Waals surface area contributed by atoms with E-state index in [4.69, 9.17) is 4.42 Å². The number of benzene rings is 1. The highest BCUT2D eigenvalue weighted by Gasteiger charge is 2.10. The van der Waals surface area contributed by atoms with E-state index < -0.39 is 0 Å². The topological polar surface area (TPSA) is 93.2 Å². The van der Waals surface area contributed by atoms with Crippen molar-refractivity contribution in [3.63, 3.8) is 0 Å². The summed E-state index contributed by atoms with van der Waals surface area (Å²) < 4.78 is 9.19. The molecule has 4 aromatic rings. The van der Waals surface area contributed by atoms with E-state index in [-0.39, 0.29) is 0 Å². The van der Waals surface area contributed by atoms with E-state index in [1.54, 1.807) is 17.7 Å². The Kier molecular flexibility index (Phi) is 6.38. The van der Waals surface area contributed by atoms with Gasteiger partial charge in [-0.25, -0.2) is 9.98 Å². The molecule has 0 atom stereocenters. The van der Waals surface area contributed by atoms with E-state index in [1.165, 1.54) is 0 Å². The van der Waals surface area contributed by atoms with Crippen LogP contribution < -0.4 is 10.6 Å². The first-order valence-electron chi connectivity index (χ1n) is 10.1. The molecule has 0 fully saturated rings. The maximum Gasteiger partial charge on any atom is 0.191 e. The maximum absolute atomic E-state index is 5.99. The molecule has 0 aliphatic carbocycles. The minimum Gasteiger partial charge on any atom is -0.457 e. The molecule has 0 radical (unpaired) electrons. The molecule has 0 aliphatic rings. The molecule has 0 saturated heterocycles. The first-order chi connectivity index (χ1) is 14.8. The van der Waals surface area contributed by atoms with Crippen molar-refractivity contribution >= 4 is 27.5 Å². The van der Waals surface area contributed by atoms with Crippen LogP contribution >= 0.6 is 11.3 Å². The molecule has 0 unspecified atom stereocenters. The quantitative estimate of drug-likeness (QED) is 0.333. The summed E-state index contributed by atoms with van der Waals surface area (Å²) in [7, 11) is 0. The van der Waals surface area contributed by atoms with Crippen LogP contribution in [0.1, 0.15) is 25.4 Å². The van der Waals surface area contributed by atoms with E-state index in [0.717, 1.165) is 64.6 Å². The highest BCUT2D eigenvalue weighted by Crippen LogP contribution is 2.31. The lowest BCUT2D eigenvalue weighted by Gasteiger charge is -2.11. The van der Waals surface area contributed by atoms with E-state index in [2.05, 4.69) is 43.8 Å². The minimum absolute atomic E-state index is 0.451. The average molecular weight is 424 g/mol. The molecule has 9 heteroatoms. The third-order valence-electron chi connectivity index (χ3n) is 4.56. The fraction of sp³-hybridized carbons (Fsp3) is 0.333. The number of thiazole rings is 1. The van der Waals surface area contributed by atoms with Gasteiger partial charge in [0.15, 0.2) is 16.7 Å². The third kappa shape index (κ3) is 4.68. The van der Waals surface area contributed by atoms with Crippen molar-refractivity contribution in [3.8, 4) is 10.8 Å². The van der Waals surface area contributed by atoms with Crippen LogP contribution in [0.5, 0.6) is 0 Å². The lowest BCUT2D eigenvalue weighted by atomic mass is 10.3. The second-order valence-electron chi connectivity index (χ2n) is 6.67. The predicted octanol–water partition coefficient (Wildman–Crippen LogP) is 3.47. The van der Waals surface area contributed by atoms with E-state index >= 15 is 0 Å². The monoisotopic (exact) mass is 423 g/mol. The van der Waals surface area contributed by atoms with Crippen molar-refractivity contribution in [2.24, 2.45) is 4.99 Å². The fourth-order valence-electron chi connectivity index (χ4n) is 3.09. The van der Waals surface area contributed by atoms with Gasteiger partial charge in [0.1, 0.15) is 24.5 Å². The van der Waals surface area contributed by atoms with E-state index in [9.17, 15) is 0 Å². The van der Waals surface area contributed by atoms with Gasteiger partial charge in [-0.3, -0.25) is 0 Å². The standard InChI is InChI=1S/C21H25N7OS/c1-3-19-27-25-14-28(19)12-11-23-21(22-4-2)24-13-15-9-10-17(29-15)20-26-16-7-5-6-8-18(16)30-20/h5-10,14H,3-4,11-13H2,1-2H3,(H2,22,23,24). The smallest absolute Gasteiger partial charge is 0.191 e. The highest BCUT2D eigenvalue weighted by molar-refractivity contribution is 7.21. The number of nitrogens with one attached hydrogen (secondary N) is 2. The number of furan rings is 1. The summed E-state index contributed by atoms with van der Waals surface area (Å²) in [6.45, 7) is 6.87. The average Bonchev–Trinajstić information content (AvgIpc) is 3.50. The van der Waals surface area contributed by atoms with Crippen LogP contribution in [0.4, 0.5) is 0 Å².